The van der Waals surface area contributed by atoms with E-state index in [-0.39, 0.29) is 0 Å². The summed E-state index contributed by atoms with van der Waals surface area (Å²) in [6.07, 6.45) is 18.7. The third-order valence-electron chi connectivity index (χ3n) is 4.11. The molecule has 19 heavy (non-hydrogen) atoms. The molecular weight excluding hydrogens is 234 g/mol. The number of rotatable bonds is 13. The zero-order valence-corrected chi connectivity index (χ0v) is 13.1. The van der Waals surface area contributed by atoms with Gasteiger partial charge in [-0.05, 0) is 12.8 Å². The molecule has 0 aromatic heterocycles. The molecule has 0 aromatic rings. The third kappa shape index (κ3) is 10.4. The first kappa shape index (κ1) is 17.0. The zero-order chi connectivity index (χ0) is 13.6. The molecule has 2 nitrogen and oxygen atoms in total. The van der Waals surface area contributed by atoms with Crippen LogP contribution in [0, 0.1) is 0 Å². The SMILES string of the molecule is CCCCCCCCCCCCCCC1NCCO1. The predicted octanol–water partition coefficient (Wildman–Crippen LogP) is 5.02. The molecule has 1 fully saturated rings. The molecule has 0 bridgehead atoms. The molecule has 1 unspecified atom stereocenters. The lowest BCUT2D eigenvalue weighted by molar-refractivity contribution is 0.0919. The molecule has 114 valence electrons. The van der Waals surface area contributed by atoms with Gasteiger partial charge in [-0.3, -0.25) is 5.32 Å². The molecule has 1 rings (SSSR count). The van der Waals surface area contributed by atoms with Gasteiger partial charge in [0.1, 0.15) is 6.23 Å². The summed E-state index contributed by atoms with van der Waals surface area (Å²) in [5.74, 6) is 0. The van der Waals surface area contributed by atoms with E-state index in [2.05, 4.69) is 12.2 Å². The van der Waals surface area contributed by atoms with Gasteiger partial charge in [0, 0.05) is 6.54 Å². The second kappa shape index (κ2) is 12.9. The highest BCUT2D eigenvalue weighted by Crippen LogP contribution is 2.13. The van der Waals surface area contributed by atoms with Crippen molar-refractivity contribution in [3.05, 3.63) is 0 Å². The Labute approximate surface area is 120 Å². The van der Waals surface area contributed by atoms with Gasteiger partial charge >= 0.3 is 0 Å². The Morgan fingerprint density at radius 1 is 0.789 bits per heavy atom. The molecule has 1 aliphatic heterocycles. The lowest BCUT2D eigenvalue weighted by atomic mass is 10.0. The fraction of sp³-hybridized carbons (Fsp3) is 1.00. The number of hydrogen-bond acceptors (Lipinski definition) is 2. The van der Waals surface area contributed by atoms with Crippen LogP contribution >= 0.6 is 0 Å². The minimum absolute atomic E-state index is 0.364. The van der Waals surface area contributed by atoms with Gasteiger partial charge in [0.25, 0.3) is 0 Å². The van der Waals surface area contributed by atoms with Crippen LogP contribution in [0.4, 0.5) is 0 Å². The summed E-state index contributed by atoms with van der Waals surface area (Å²) in [4.78, 5) is 0. The normalized spacial score (nSPS) is 19.1. The van der Waals surface area contributed by atoms with Crippen molar-refractivity contribution in [3.8, 4) is 0 Å². The molecule has 0 saturated carbocycles. The van der Waals surface area contributed by atoms with Crippen LogP contribution < -0.4 is 5.32 Å². The van der Waals surface area contributed by atoms with Gasteiger partial charge in [0.2, 0.25) is 0 Å². The van der Waals surface area contributed by atoms with Crippen LogP contribution in [0.1, 0.15) is 90.4 Å². The topological polar surface area (TPSA) is 21.3 Å². The maximum Gasteiger partial charge on any atom is 0.108 e. The van der Waals surface area contributed by atoms with Gasteiger partial charge in [-0.15, -0.1) is 0 Å². The Morgan fingerprint density at radius 3 is 1.79 bits per heavy atom. The second-order valence-electron chi connectivity index (χ2n) is 5.99. The Bertz CT molecular complexity index is 178. The third-order valence-corrected chi connectivity index (χ3v) is 4.11. The zero-order valence-electron chi connectivity index (χ0n) is 13.1. The second-order valence-corrected chi connectivity index (χ2v) is 5.99. The first-order chi connectivity index (χ1) is 9.43. The largest absolute Gasteiger partial charge is 0.362 e. The Kier molecular flexibility index (Phi) is 11.5. The van der Waals surface area contributed by atoms with E-state index in [0.29, 0.717) is 6.23 Å². The average Bonchev–Trinajstić information content (AvgIpc) is 2.93. The molecule has 1 saturated heterocycles. The highest BCUT2D eigenvalue weighted by Gasteiger charge is 2.12. The van der Waals surface area contributed by atoms with E-state index in [1.165, 1.54) is 83.5 Å². The monoisotopic (exact) mass is 269 g/mol. The summed E-state index contributed by atoms with van der Waals surface area (Å²) < 4.78 is 5.54. The molecule has 1 atom stereocenters. The Hall–Kier alpha value is -0.0800. The van der Waals surface area contributed by atoms with Crippen LogP contribution in [0.2, 0.25) is 0 Å². The fourth-order valence-electron chi connectivity index (χ4n) is 2.84. The summed E-state index contributed by atoms with van der Waals surface area (Å²) in [6, 6.07) is 0. The summed E-state index contributed by atoms with van der Waals surface area (Å²) in [5, 5.41) is 3.37. The molecule has 0 spiro atoms. The van der Waals surface area contributed by atoms with E-state index in [0.717, 1.165) is 13.2 Å². The van der Waals surface area contributed by atoms with Crippen LogP contribution in [0.15, 0.2) is 0 Å². The fourth-order valence-corrected chi connectivity index (χ4v) is 2.84. The van der Waals surface area contributed by atoms with Gasteiger partial charge in [-0.25, -0.2) is 0 Å². The van der Waals surface area contributed by atoms with Crippen molar-refractivity contribution in [2.75, 3.05) is 13.2 Å². The molecular formula is C17H35NO. The molecule has 0 amide bonds. The molecule has 0 aliphatic carbocycles. The minimum Gasteiger partial charge on any atom is -0.362 e. The first-order valence-electron chi connectivity index (χ1n) is 8.78. The summed E-state index contributed by atoms with van der Waals surface area (Å²) in [5.41, 5.74) is 0. The van der Waals surface area contributed by atoms with Crippen LogP contribution in [0.25, 0.3) is 0 Å². The van der Waals surface area contributed by atoms with Gasteiger partial charge in [-0.1, -0.05) is 77.6 Å². The van der Waals surface area contributed by atoms with Crippen molar-refractivity contribution >= 4 is 0 Å². The average molecular weight is 269 g/mol. The van der Waals surface area contributed by atoms with E-state index in [1.54, 1.807) is 0 Å². The maximum absolute atomic E-state index is 5.54. The van der Waals surface area contributed by atoms with Crippen LogP contribution in [0.5, 0.6) is 0 Å². The van der Waals surface area contributed by atoms with Crippen molar-refractivity contribution in [2.45, 2.75) is 96.6 Å². The van der Waals surface area contributed by atoms with Gasteiger partial charge in [0.15, 0.2) is 0 Å². The molecule has 2 heteroatoms. The molecule has 1 N–H and O–H groups in total. The van der Waals surface area contributed by atoms with E-state index in [9.17, 15) is 0 Å². The maximum atomic E-state index is 5.54. The van der Waals surface area contributed by atoms with Gasteiger partial charge in [0.05, 0.1) is 6.61 Å². The predicted molar refractivity (Wildman–Crippen MR) is 83.4 cm³/mol. The molecule has 0 aromatic carbocycles. The highest BCUT2D eigenvalue weighted by molar-refractivity contribution is 4.62. The Balaban J connectivity index is 1.67. The van der Waals surface area contributed by atoms with Crippen molar-refractivity contribution in [1.82, 2.24) is 5.32 Å². The van der Waals surface area contributed by atoms with E-state index < -0.39 is 0 Å². The van der Waals surface area contributed by atoms with Crippen molar-refractivity contribution < 1.29 is 4.74 Å². The van der Waals surface area contributed by atoms with Gasteiger partial charge in [-0.2, -0.15) is 0 Å². The lowest BCUT2D eigenvalue weighted by Crippen LogP contribution is -2.21. The summed E-state index contributed by atoms with van der Waals surface area (Å²) in [6.45, 7) is 4.24. The van der Waals surface area contributed by atoms with Crippen LogP contribution in [0.3, 0.4) is 0 Å². The van der Waals surface area contributed by atoms with Crippen molar-refractivity contribution in [1.29, 1.82) is 0 Å². The minimum atomic E-state index is 0.364. The van der Waals surface area contributed by atoms with E-state index in [4.69, 9.17) is 4.74 Å². The molecule has 1 aliphatic rings. The van der Waals surface area contributed by atoms with Crippen molar-refractivity contribution in [3.63, 3.8) is 0 Å². The first-order valence-corrected chi connectivity index (χ1v) is 8.78. The quantitative estimate of drug-likeness (QED) is 0.474. The highest BCUT2D eigenvalue weighted by atomic mass is 16.5. The van der Waals surface area contributed by atoms with E-state index in [1.807, 2.05) is 0 Å². The summed E-state index contributed by atoms with van der Waals surface area (Å²) >= 11 is 0. The summed E-state index contributed by atoms with van der Waals surface area (Å²) in [7, 11) is 0. The van der Waals surface area contributed by atoms with Gasteiger partial charge < -0.3 is 4.74 Å². The number of hydrogen-bond donors (Lipinski definition) is 1. The van der Waals surface area contributed by atoms with Crippen LogP contribution in [-0.2, 0) is 4.74 Å². The number of ether oxygens (including phenoxy) is 1. The van der Waals surface area contributed by atoms with Crippen LogP contribution in [-0.4, -0.2) is 19.4 Å². The number of unbranched alkanes of at least 4 members (excludes halogenated alkanes) is 11. The number of nitrogens with one attached hydrogen (secondary N) is 1. The lowest BCUT2D eigenvalue weighted by Gasteiger charge is -2.09. The van der Waals surface area contributed by atoms with Crippen molar-refractivity contribution in [2.24, 2.45) is 0 Å². The van der Waals surface area contributed by atoms with E-state index >= 15 is 0 Å². The smallest absolute Gasteiger partial charge is 0.108 e. The standard InChI is InChI=1S/C17H35NO/c1-2-3-4-5-6-7-8-9-10-11-12-13-14-17-18-15-16-19-17/h17-18H,2-16H2,1H3. The Morgan fingerprint density at radius 2 is 1.32 bits per heavy atom. The molecule has 0 radical (unpaired) electrons. The molecule has 1 heterocycles.